The van der Waals surface area contributed by atoms with Crippen LogP contribution >= 0.6 is 0 Å². The Morgan fingerprint density at radius 3 is 1.11 bits per heavy atom. The van der Waals surface area contributed by atoms with E-state index in [1.54, 1.807) is 72.8 Å². The molecule has 0 spiro atoms. The third-order valence-corrected chi connectivity index (χ3v) is 6.73. The first-order valence-corrected chi connectivity index (χ1v) is 13.7. The Balaban J connectivity index is 1.57. The number of rotatable bonds is 9. The first-order valence-electron chi connectivity index (χ1n) is 13.7. The monoisotopic (exact) mass is 610 g/mol. The lowest BCUT2D eigenvalue weighted by Crippen LogP contribution is -2.64. The highest BCUT2D eigenvalue weighted by Gasteiger charge is 2.56. The van der Waals surface area contributed by atoms with Crippen LogP contribution in [0.2, 0.25) is 0 Å². The number of esters is 4. The number of ether oxygens (including phenoxy) is 5. The van der Waals surface area contributed by atoms with Crippen molar-refractivity contribution in [3.63, 3.8) is 0 Å². The zero-order valence-electron chi connectivity index (χ0n) is 23.5. The highest BCUT2D eigenvalue weighted by Crippen LogP contribution is 2.32. The second kappa shape index (κ2) is 14.1. The van der Waals surface area contributed by atoms with E-state index < -0.39 is 60.6 Å². The van der Waals surface area contributed by atoms with Gasteiger partial charge >= 0.3 is 29.8 Å². The smallest absolute Gasteiger partial charge is 0.340 e. The van der Waals surface area contributed by atoms with Crippen molar-refractivity contribution in [1.29, 1.82) is 0 Å². The Hall–Kier alpha value is -5.81. The molecule has 0 saturated carbocycles. The zero-order chi connectivity index (χ0) is 31.8. The maximum absolute atomic E-state index is 13.3. The molecule has 0 bridgehead atoms. The molecule has 11 heteroatoms. The molecule has 5 atom stereocenters. The van der Waals surface area contributed by atoms with E-state index in [4.69, 9.17) is 23.7 Å². The summed E-state index contributed by atoms with van der Waals surface area (Å²) in [5.41, 5.74) is 0.286. The van der Waals surface area contributed by atoms with Gasteiger partial charge in [0.15, 0.2) is 18.3 Å². The van der Waals surface area contributed by atoms with Crippen LogP contribution in [0, 0.1) is 0 Å². The minimum absolute atomic E-state index is 0.0604. The number of carbonyl (C=O) groups is 5. The normalized spacial score (nSPS) is 20.7. The van der Waals surface area contributed by atoms with Crippen molar-refractivity contribution in [2.45, 2.75) is 30.7 Å². The molecule has 4 aromatic carbocycles. The third-order valence-electron chi connectivity index (χ3n) is 6.73. The van der Waals surface area contributed by atoms with Crippen LogP contribution in [0.15, 0.2) is 121 Å². The van der Waals surface area contributed by atoms with Crippen molar-refractivity contribution in [3.8, 4) is 0 Å². The van der Waals surface area contributed by atoms with Gasteiger partial charge in [-0.1, -0.05) is 72.8 Å². The summed E-state index contributed by atoms with van der Waals surface area (Å²) in [4.78, 5) is 65.4. The standard InChI is InChI=1S/C34H26O11/c35-29(36)27-25(41-30(37)21-13-5-1-6-14-21)26(42-31(38)22-15-7-2-8-16-22)28(43-32(39)23-17-9-3-10-18-23)34(44-27)45-33(40)24-19-11-4-12-20-24/h1-20,25-28,34H,(H,35,36)/t25-,26-,27-,28-,34-/m0/s1. The van der Waals surface area contributed by atoms with E-state index in [2.05, 4.69) is 0 Å². The van der Waals surface area contributed by atoms with Crippen LogP contribution in [0.1, 0.15) is 41.4 Å². The molecule has 228 valence electrons. The van der Waals surface area contributed by atoms with Crippen LogP contribution in [0.3, 0.4) is 0 Å². The molecule has 11 nitrogen and oxygen atoms in total. The molecule has 0 amide bonds. The summed E-state index contributed by atoms with van der Waals surface area (Å²) >= 11 is 0. The van der Waals surface area contributed by atoms with Crippen molar-refractivity contribution in [1.82, 2.24) is 0 Å². The lowest BCUT2D eigenvalue weighted by Gasteiger charge is -2.42. The number of hydrogen-bond acceptors (Lipinski definition) is 10. The van der Waals surface area contributed by atoms with E-state index in [0.717, 1.165) is 0 Å². The first kappa shape index (κ1) is 30.6. The molecule has 0 aliphatic carbocycles. The molecule has 0 radical (unpaired) electrons. The van der Waals surface area contributed by atoms with Crippen LogP contribution in [-0.4, -0.2) is 65.7 Å². The number of carboxylic acid groups (broad SMARTS) is 1. The second-order valence-corrected chi connectivity index (χ2v) is 9.74. The van der Waals surface area contributed by atoms with E-state index in [9.17, 15) is 29.1 Å². The lowest BCUT2D eigenvalue weighted by molar-refractivity contribution is -0.276. The molecule has 0 aromatic heterocycles. The number of carbonyl (C=O) groups excluding carboxylic acids is 4. The summed E-state index contributed by atoms with van der Waals surface area (Å²) in [7, 11) is 0. The fourth-order valence-corrected chi connectivity index (χ4v) is 4.54. The molecule has 0 unspecified atom stereocenters. The van der Waals surface area contributed by atoms with Gasteiger partial charge in [-0.05, 0) is 48.5 Å². The van der Waals surface area contributed by atoms with Crippen LogP contribution in [-0.2, 0) is 28.5 Å². The van der Waals surface area contributed by atoms with Crippen LogP contribution < -0.4 is 0 Å². The topological polar surface area (TPSA) is 152 Å². The molecule has 1 heterocycles. The third kappa shape index (κ3) is 7.40. The Morgan fingerprint density at radius 2 is 0.756 bits per heavy atom. The van der Waals surface area contributed by atoms with Gasteiger partial charge < -0.3 is 28.8 Å². The Labute approximate surface area is 256 Å². The zero-order valence-corrected chi connectivity index (χ0v) is 23.5. The molecular weight excluding hydrogens is 584 g/mol. The van der Waals surface area contributed by atoms with Crippen LogP contribution in [0.5, 0.6) is 0 Å². The van der Waals surface area contributed by atoms with Crippen molar-refractivity contribution < 1.29 is 52.8 Å². The number of aliphatic carboxylic acids is 1. The van der Waals surface area contributed by atoms with Gasteiger partial charge in [-0.3, -0.25) is 0 Å². The minimum Gasteiger partial charge on any atom is -0.479 e. The minimum atomic E-state index is -2.02. The number of benzene rings is 4. The molecule has 1 aliphatic heterocycles. The van der Waals surface area contributed by atoms with Gasteiger partial charge in [0.05, 0.1) is 22.3 Å². The van der Waals surface area contributed by atoms with Gasteiger partial charge in [0.1, 0.15) is 0 Å². The first-order chi connectivity index (χ1) is 21.8. The van der Waals surface area contributed by atoms with E-state index in [1.165, 1.54) is 48.5 Å². The second-order valence-electron chi connectivity index (χ2n) is 9.74. The summed E-state index contributed by atoms with van der Waals surface area (Å²) in [5.74, 6) is -5.44. The van der Waals surface area contributed by atoms with Gasteiger partial charge in [0, 0.05) is 0 Å². The molecule has 4 aromatic rings. The summed E-state index contributed by atoms with van der Waals surface area (Å²) in [6.45, 7) is 0. The van der Waals surface area contributed by atoms with Crippen molar-refractivity contribution in [2.75, 3.05) is 0 Å². The Kier molecular flexibility index (Phi) is 9.61. The molecular formula is C34H26O11. The maximum Gasteiger partial charge on any atom is 0.340 e. The fourth-order valence-electron chi connectivity index (χ4n) is 4.54. The predicted octanol–water partition coefficient (Wildman–Crippen LogP) is 4.33. The van der Waals surface area contributed by atoms with E-state index >= 15 is 0 Å². The van der Waals surface area contributed by atoms with Crippen molar-refractivity contribution in [3.05, 3.63) is 144 Å². The lowest BCUT2D eigenvalue weighted by atomic mass is 9.97. The Morgan fingerprint density at radius 1 is 0.444 bits per heavy atom. The van der Waals surface area contributed by atoms with E-state index in [-0.39, 0.29) is 22.3 Å². The van der Waals surface area contributed by atoms with Crippen molar-refractivity contribution in [2.24, 2.45) is 0 Å². The summed E-state index contributed by atoms with van der Waals surface area (Å²) in [5, 5.41) is 10.2. The molecule has 1 fully saturated rings. The average Bonchev–Trinajstić information content (AvgIpc) is 3.08. The summed E-state index contributed by atoms with van der Waals surface area (Å²) < 4.78 is 28.3. The van der Waals surface area contributed by atoms with Gasteiger partial charge in [-0.15, -0.1) is 0 Å². The maximum atomic E-state index is 13.3. The fraction of sp³-hybridized carbons (Fsp3) is 0.147. The van der Waals surface area contributed by atoms with Gasteiger partial charge in [-0.25, -0.2) is 24.0 Å². The molecule has 1 saturated heterocycles. The van der Waals surface area contributed by atoms with Crippen LogP contribution in [0.25, 0.3) is 0 Å². The largest absolute Gasteiger partial charge is 0.479 e. The van der Waals surface area contributed by atoms with Gasteiger partial charge in [0.25, 0.3) is 0 Å². The number of hydrogen-bond donors (Lipinski definition) is 1. The highest BCUT2D eigenvalue weighted by molar-refractivity contribution is 5.92. The summed E-state index contributed by atoms with van der Waals surface area (Å²) in [6, 6.07) is 30.8. The summed E-state index contributed by atoms with van der Waals surface area (Å²) in [6.07, 6.45) is -9.40. The van der Waals surface area contributed by atoms with Gasteiger partial charge in [0.2, 0.25) is 12.4 Å². The van der Waals surface area contributed by atoms with E-state index in [0.29, 0.717) is 0 Å². The van der Waals surface area contributed by atoms with Crippen molar-refractivity contribution >= 4 is 29.8 Å². The molecule has 1 N–H and O–H groups in total. The highest BCUT2D eigenvalue weighted by atomic mass is 16.7. The quantitative estimate of drug-likeness (QED) is 0.213. The SMILES string of the molecule is O=C(O[C@@H]1O[C@H](C(=O)O)[C@@H](OC(=O)c2ccccc2)[C@H](OC(=O)c2ccccc2)[C@@H]1OC(=O)c1ccccc1)c1ccccc1. The Bertz CT molecular complexity index is 1640. The predicted molar refractivity (Wildman–Crippen MR) is 155 cm³/mol. The van der Waals surface area contributed by atoms with Crippen LogP contribution in [0.4, 0.5) is 0 Å². The average molecular weight is 611 g/mol. The van der Waals surface area contributed by atoms with Gasteiger partial charge in [-0.2, -0.15) is 0 Å². The van der Waals surface area contributed by atoms with E-state index in [1.807, 2.05) is 0 Å². The number of carboxylic acids is 1. The molecule has 5 rings (SSSR count). The molecule has 45 heavy (non-hydrogen) atoms. The molecule has 1 aliphatic rings.